The van der Waals surface area contributed by atoms with Gasteiger partial charge in [0.05, 0.1) is 25.8 Å². The van der Waals surface area contributed by atoms with Gasteiger partial charge >= 0.3 is 5.97 Å². The summed E-state index contributed by atoms with van der Waals surface area (Å²) in [6, 6.07) is 11.5. The lowest BCUT2D eigenvalue weighted by atomic mass is 10.1. The summed E-state index contributed by atoms with van der Waals surface area (Å²) in [4.78, 5) is 37.1. The molecule has 0 radical (unpaired) electrons. The summed E-state index contributed by atoms with van der Waals surface area (Å²) >= 11 is 0. The molecule has 8 heteroatoms. The number of ether oxygens (including phenoxy) is 2. The molecule has 0 bridgehead atoms. The number of aliphatic carboxylic acids is 1. The SMILES string of the molecule is COc1ccc(OC)c(NC(=O)c2ccc(N3C[C@@H](C(=O)O)CC3=O)cc2)c1. The predicted octanol–water partition coefficient (Wildman–Crippen LogP) is 2.39. The number of amides is 2. The van der Waals surface area contributed by atoms with Crippen molar-refractivity contribution in [2.24, 2.45) is 5.92 Å². The van der Waals surface area contributed by atoms with Gasteiger partial charge in [0, 0.05) is 30.3 Å². The number of carbonyl (C=O) groups excluding carboxylic acids is 2. The molecule has 0 saturated carbocycles. The molecule has 1 aliphatic rings. The number of nitrogens with zero attached hydrogens (tertiary/aromatic N) is 1. The molecule has 3 rings (SSSR count). The first-order valence-electron chi connectivity index (χ1n) is 8.59. The summed E-state index contributed by atoms with van der Waals surface area (Å²) in [6.07, 6.45) is -0.0206. The van der Waals surface area contributed by atoms with Crippen molar-refractivity contribution in [1.29, 1.82) is 0 Å². The van der Waals surface area contributed by atoms with E-state index in [1.165, 1.54) is 19.1 Å². The first kappa shape index (κ1) is 19.2. The molecule has 0 aliphatic carbocycles. The Balaban J connectivity index is 1.74. The van der Waals surface area contributed by atoms with Crippen molar-refractivity contribution < 1.29 is 29.0 Å². The Morgan fingerprint density at radius 3 is 2.39 bits per heavy atom. The van der Waals surface area contributed by atoms with Gasteiger partial charge in [-0.1, -0.05) is 0 Å². The summed E-state index contributed by atoms with van der Waals surface area (Å²) < 4.78 is 10.4. The van der Waals surface area contributed by atoms with Crippen molar-refractivity contribution in [2.75, 3.05) is 31.0 Å². The summed E-state index contributed by atoms with van der Waals surface area (Å²) in [7, 11) is 3.03. The molecule has 2 N–H and O–H groups in total. The van der Waals surface area contributed by atoms with E-state index in [0.717, 1.165) is 0 Å². The second kappa shape index (κ2) is 7.99. The first-order chi connectivity index (χ1) is 13.4. The Kier molecular flexibility index (Phi) is 5.49. The van der Waals surface area contributed by atoms with Crippen LogP contribution in [0.2, 0.25) is 0 Å². The molecule has 1 heterocycles. The van der Waals surface area contributed by atoms with Gasteiger partial charge in [-0.05, 0) is 36.4 Å². The molecule has 1 aliphatic heterocycles. The lowest BCUT2D eigenvalue weighted by Crippen LogP contribution is -2.25. The van der Waals surface area contributed by atoms with Gasteiger partial charge in [0.2, 0.25) is 5.91 Å². The van der Waals surface area contributed by atoms with Crippen LogP contribution in [-0.2, 0) is 9.59 Å². The molecular formula is C20H20N2O6. The molecule has 2 aromatic rings. The Hall–Kier alpha value is -3.55. The molecule has 2 amide bonds. The molecule has 0 aromatic heterocycles. The van der Waals surface area contributed by atoms with E-state index in [0.29, 0.717) is 28.4 Å². The van der Waals surface area contributed by atoms with E-state index in [1.54, 1.807) is 42.5 Å². The van der Waals surface area contributed by atoms with Crippen LogP contribution < -0.4 is 19.7 Å². The van der Waals surface area contributed by atoms with Crippen molar-refractivity contribution in [2.45, 2.75) is 6.42 Å². The third kappa shape index (κ3) is 3.90. The van der Waals surface area contributed by atoms with Crippen LogP contribution >= 0.6 is 0 Å². The highest BCUT2D eigenvalue weighted by molar-refractivity contribution is 6.06. The van der Waals surface area contributed by atoms with Crippen molar-refractivity contribution in [3.63, 3.8) is 0 Å². The number of carboxylic acid groups (broad SMARTS) is 1. The van der Waals surface area contributed by atoms with E-state index in [2.05, 4.69) is 5.32 Å². The van der Waals surface area contributed by atoms with E-state index < -0.39 is 11.9 Å². The third-order valence-electron chi connectivity index (χ3n) is 4.57. The maximum absolute atomic E-state index is 12.6. The average molecular weight is 384 g/mol. The van der Waals surface area contributed by atoms with Crippen LogP contribution in [0.1, 0.15) is 16.8 Å². The molecule has 28 heavy (non-hydrogen) atoms. The van der Waals surface area contributed by atoms with E-state index >= 15 is 0 Å². The molecule has 0 spiro atoms. The first-order valence-corrected chi connectivity index (χ1v) is 8.59. The van der Waals surface area contributed by atoms with Crippen LogP contribution in [0, 0.1) is 5.92 Å². The molecule has 146 valence electrons. The monoisotopic (exact) mass is 384 g/mol. The fraction of sp³-hybridized carbons (Fsp3) is 0.250. The zero-order valence-corrected chi connectivity index (χ0v) is 15.5. The zero-order chi connectivity index (χ0) is 20.3. The van der Waals surface area contributed by atoms with Crippen molar-refractivity contribution in [1.82, 2.24) is 0 Å². The highest BCUT2D eigenvalue weighted by Gasteiger charge is 2.35. The van der Waals surface area contributed by atoms with Crippen molar-refractivity contribution in [3.8, 4) is 11.5 Å². The number of rotatable bonds is 6. The number of methoxy groups -OCH3 is 2. The quantitative estimate of drug-likeness (QED) is 0.792. The summed E-state index contributed by atoms with van der Waals surface area (Å²) in [5.41, 5.74) is 1.41. The number of benzene rings is 2. The van der Waals surface area contributed by atoms with Gasteiger partial charge in [-0.3, -0.25) is 14.4 Å². The standard InChI is InChI=1S/C20H20N2O6/c1-27-15-7-8-17(28-2)16(10-15)21-19(24)12-3-5-14(6-4-12)22-11-13(20(25)26)9-18(22)23/h3-8,10,13H,9,11H2,1-2H3,(H,21,24)(H,25,26)/t13-/m0/s1. The Bertz CT molecular complexity index is 909. The van der Waals surface area contributed by atoms with Crippen LogP contribution in [-0.4, -0.2) is 43.7 Å². The molecule has 0 unspecified atom stereocenters. The largest absolute Gasteiger partial charge is 0.497 e. The van der Waals surface area contributed by atoms with Crippen LogP contribution in [0.3, 0.4) is 0 Å². The predicted molar refractivity (Wildman–Crippen MR) is 102 cm³/mol. The Morgan fingerprint density at radius 2 is 1.82 bits per heavy atom. The van der Waals surface area contributed by atoms with E-state index in [4.69, 9.17) is 14.6 Å². The maximum Gasteiger partial charge on any atom is 0.308 e. The van der Waals surface area contributed by atoms with Gasteiger partial charge < -0.3 is 24.8 Å². The maximum atomic E-state index is 12.6. The Morgan fingerprint density at radius 1 is 1.11 bits per heavy atom. The highest BCUT2D eigenvalue weighted by Crippen LogP contribution is 2.30. The number of anilines is 2. The minimum Gasteiger partial charge on any atom is -0.497 e. The molecule has 2 aromatic carbocycles. The van der Waals surface area contributed by atoms with Gasteiger partial charge in [0.1, 0.15) is 11.5 Å². The zero-order valence-electron chi connectivity index (χ0n) is 15.5. The number of carboxylic acids is 1. The number of nitrogens with one attached hydrogen (secondary N) is 1. The lowest BCUT2D eigenvalue weighted by Gasteiger charge is -2.16. The van der Waals surface area contributed by atoms with Crippen LogP contribution in [0.5, 0.6) is 11.5 Å². The highest BCUT2D eigenvalue weighted by atomic mass is 16.5. The number of hydrogen-bond acceptors (Lipinski definition) is 5. The second-order valence-corrected chi connectivity index (χ2v) is 6.31. The van der Waals surface area contributed by atoms with E-state index in [9.17, 15) is 14.4 Å². The summed E-state index contributed by atoms with van der Waals surface area (Å²) in [5.74, 6) is -1.23. The van der Waals surface area contributed by atoms with Crippen LogP contribution in [0.15, 0.2) is 42.5 Å². The van der Waals surface area contributed by atoms with Crippen LogP contribution in [0.4, 0.5) is 11.4 Å². The minimum atomic E-state index is -0.987. The molecular weight excluding hydrogens is 364 g/mol. The summed E-state index contributed by atoms with van der Waals surface area (Å²) in [5, 5.41) is 11.9. The molecule has 1 saturated heterocycles. The van der Waals surface area contributed by atoms with Crippen molar-refractivity contribution in [3.05, 3.63) is 48.0 Å². The van der Waals surface area contributed by atoms with Crippen molar-refractivity contribution >= 4 is 29.2 Å². The van der Waals surface area contributed by atoms with Gasteiger partial charge in [-0.25, -0.2) is 0 Å². The number of hydrogen-bond donors (Lipinski definition) is 2. The van der Waals surface area contributed by atoms with Gasteiger partial charge in [0.25, 0.3) is 5.91 Å². The third-order valence-corrected chi connectivity index (χ3v) is 4.57. The second-order valence-electron chi connectivity index (χ2n) is 6.31. The summed E-state index contributed by atoms with van der Waals surface area (Å²) in [6.45, 7) is 0.126. The van der Waals surface area contributed by atoms with Crippen LogP contribution in [0.25, 0.3) is 0 Å². The van der Waals surface area contributed by atoms with Gasteiger partial charge in [-0.2, -0.15) is 0 Å². The number of carbonyl (C=O) groups is 3. The van der Waals surface area contributed by atoms with E-state index in [1.807, 2.05) is 0 Å². The van der Waals surface area contributed by atoms with E-state index in [-0.39, 0.29) is 24.8 Å². The fourth-order valence-corrected chi connectivity index (χ4v) is 3.02. The van der Waals surface area contributed by atoms with Gasteiger partial charge in [0.15, 0.2) is 0 Å². The fourth-order valence-electron chi connectivity index (χ4n) is 3.02. The lowest BCUT2D eigenvalue weighted by molar-refractivity contribution is -0.141. The minimum absolute atomic E-state index is 0.0206. The smallest absolute Gasteiger partial charge is 0.308 e. The molecule has 1 fully saturated rings. The van der Waals surface area contributed by atoms with Gasteiger partial charge in [-0.15, -0.1) is 0 Å². The topological polar surface area (TPSA) is 105 Å². The normalized spacial score (nSPS) is 16.0. The average Bonchev–Trinajstić information content (AvgIpc) is 3.10. The molecule has 1 atom stereocenters. The molecule has 8 nitrogen and oxygen atoms in total. The Labute approximate surface area is 161 Å².